The molecule has 2 aliphatic rings. The van der Waals surface area contributed by atoms with Gasteiger partial charge in [-0.1, -0.05) is 6.42 Å². The maximum atomic E-state index is 12.4. The number of likely N-dealkylation sites (N-methyl/N-ethyl adjacent to an activating group) is 2. The van der Waals surface area contributed by atoms with Crippen molar-refractivity contribution >= 4 is 5.91 Å². The smallest absolute Gasteiger partial charge is 0.239 e. The molecule has 0 aromatic rings. The van der Waals surface area contributed by atoms with Gasteiger partial charge in [-0.05, 0) is 52.7 Å². The molecule has 0 spiro atoms. The number of hydrogen-bond acceptors (Lipinski definition) is 3. The van der Waals surface area contributed by atoms with Gasteiger partial charge in [0, 0.05) is 19.1 Å². The molecule has 1 amide bonds. The third-order valence-electron chi connectivity index (χ3n) is 4.75. The van der Waals surface area contributed by atoms with Crippen LogP contribution in [0.15, 0.2) is 0 Å². The average Bonchev–Trinajstić information content (AvgIpc) is 2.33. The number of piperidine rings is 1. The molecule has 0 aromatic carbocycles. The minimum atomic E-state index is 0.0584. The number of carbonyl (C=O) groups excluding carboxylic acids is 1. The Morgan fingerprint density at radius 2 is 1.94 bits per heavy atom. The lowest BCUT2D eigenvalue weighted by atomic mass is 9.75. The average molecular weight is 253 g/mol. The van der Waals surface area contributed by atoms with Gasteiger partial charge in [0.25, 0.3) is 0 Å². The summed E-state index contributed by atoms with van der Waals surface area (Å²) in [6, 6.07) is 0.0584. The number of nitrogens with zero attached hydrogens (tertiary/aromatic N) is 2. The van der Waals surface area contributed by atoms with Crippen LogP contribution in [0.5, 0.6) is 0 Å². The Kier molecular flexibility index (Phi) is 4.28. The summed E-state index contributed by atoms with van der Waals surface area (Å²) in [6.07, 6.45) is 7.11. The predicted octanol–water partition coefficient (Wildman–Crippen LogP) is 1.07. The van der Waals surface area contributed by atoms with E-state index in [4.69, 9.17) is 0 Å². The van der Waals surface area contributed by atoms with Crippen molar-refractivity contribution in [2.24, 2.45) is 0 Å². The van der Waals surface area contributed by atoms with Gasteiger partial charge in [-0.25, -0.2) is 0 Å². The summed E-state index contributed by atoms with van der Waals surface area (Å²) < 4.78 is 0. The van der Waals surface area contributed by atoms with Gasteiger partial charge in [-0.2, -0.15) is 0 Å². The molecule has 2 fully saturated rings. The largest absolute Gasteiger partial charge is 0.343 e. The highest BCUT2D eigenvalue weighted by Gasteiger charge is 2.41. The lowest BCUT2D eigenvalue weighted by Crippen LogP contribution is -2.59. The molecule has 1 N–H and O–H groups in total. The highest BCUT2D eigenvalue weighted by atomic mass is 16.2. The topological polar surface area (TPSA) is 35.6 Å². The van der Waals surface area contributed by atoms with Gasteiger partial charge in [0.2, 0.25) is 5.91 Å². The summed E-state index contributed by atoms with van der Waals surface area (Å²) in [7, 11) is 6.23. The Bertz CT molecular complexity index is 293. The summed E-state index contributed by atoms with van der Waals surface area (Å²) in [4.78, 5) is 16.6. The van der Waals surface area contributed by atoms with Gasteiger partial charge in [0.1, 0.15) is 0 Å². The number of hydrogen-bond donors (Lipinski definition) is 1. The minimum absolute atomic E-state index is 0.0584. The van der Waals surface area contributed by atoms with Crippen molar-refractivity contribution in [3.8, 4) is 0 Å². The molecule has 1 aliphatic carbocycles. The van der Waals surface area contributed by atoms with Crippen LogP contribution in [0.3, 0.4) is 0 Å². The number of nitrogens with one attached hydrogen (secondary N) is 1. The van der Waals surface area contributed by atoms with E-state index in [1.165, 1.54) is 32.1 Å². The zero-order valence-corrected chi connectivity index (χ0v) is 12.0. The van der Waals surface area contributed by atoms with Crippen LogP contribution in [0, 0.1) is 0 Å². The van der Waals surface area contributed by atoms with Crippen LogP contribution in [0.1, 0.15) is 38.5 Å². The molecule has 1 saturated heterocycles. The fraction of sp³-hybridized carbons (Fsp3) is 0.929. The standard InChI is InChI=1S/C14H27N3O/c1-16(2)14(8-6-9-14)11-17(3)13(18)12-7-4-5-10-15-12/h12,15H,4-11H2,1-3H3/t12-/m0/s1. The van der Waals surface area contributed by atoms with Crippen LogP contribution < -0.4 is 5.32 Å². The second-order valence-electron chi connectivity index (χ2n) is 6.17. The van der Waals surface area contributed by atoms with Gasteiger partial charge in [-0.3, -0.25) is 4.79 Å². The van der Waals surface area contributed by atoms with Crippen LogP contribution in [0.25, 0.3) is 0 Å². The molecule has 18 heavy (non-hydrogen) atoms. The molecule has 0 aromatic heterocycles. The Balaban J connectivity index is 1.90. The van der Waals surface area contributed by atoms with E-state index < -0.39 is 0 Å². The summed E-state index contributed by atoms with van der Waals surface area (Å²) in [5, 5.41) is 3.35. The summed E-state index contributed by atoms with van der Waals surface area (Å²) >= 11 is 0. The summed E-state index contributed by atoms with van der Waals surface area (Å²) in [6.45, 7) is 1.86. The van der Waals surface area contributed by atoms with E-state index in [0.29, 0.717) is 0 Å². The van der Waals surface area contributed by atoms with Crippen LogP contribution in [0.4, 0.5) is 0 Å². The second-order valence-corrected chi connectivity index (χ2v) is 6.17. The molecular weight excluding hydrogens is 226 g/mol. The second kappa shape index (κ2) is 5.57. The maximum absolute atomic E-state index is 12.4. The quantitative estimate of drug-likeness (QED) is 0.814. The van der Waals surface area contributed by atoms with Crippen molar-refractivity contribution in [3.63, 3.8) is 0 Å². The first kappa shape index (κ1) is 13.8. The normalized spacial score (nSPS) is 26.8. The molecular formula is C14H27N3O. The molecule has 2 rings (SSSR count). The monoisotopic (exact) mass is 253 g/mol. The molecule has 4 nitrogen and oxygen atoms in total. The lowest BCUT2D eigenvalue weighted by molar-refractivity contribution is -0.135. The minimum Gasteiger partial charge on any atom is -0.343 e. The van der Waals surface area contributed by atoms with Crippen LogP contribution in [0.2, 0.25) is 0 Å². The van der Waals surface area contributed by atoms with E-state index in [1.807, 2.05) is 11.9 Å². The molecule has 1 saturated carbocycles. The van der Waals surface area contributed by atoms with Crippen molar-refractivity contribution in [2.45, 2.75) is 50.1 Å². The van der Waals surface area contributed by atoms with E-state index in [1.54, 1.807) is 0 Å². The number of amides is 1. The molecule has 0 unspecified atom stereocenters. The van der Waals surface area contributed by atoms with Crippen molar-refractivity contribution in [3.05, 3.63) is 0 Å². The molecule has 0 radical (unpaired) electrons. The first-order valence-corrected chi connectivity index (χ1v) is 7.21. The molecule has 104 valence electrons. The van der Waals surface area contributed by atoms with E-state index >= 15 is 0 Å². The van der Waals surface area contributed by atoms with Gasteiger partial charge in [0.05, 0.1) is 6.04 Å². The first-order chi connectivity index (χ1) is 8.55. The van der Waals surface area contributed by atoms with Crippen LogP contribution >= 0.6 is 0 Å². The number of rotatable bonds is 4. The van der Waals surface area contributed by atoms with Crippen molar-refractivity contribution in [1.82, 2.24) is 15.1 Å². The van der Waals surface area contributed by atoms with E-state index in [9.17, 15) is 4.79 Å². The fourth-order valence-corrected chi connectivity index (χ4v) is 3.18. The predicted molar refractivity (Wildman–Crippen MR) is 73.5 cm³/mol. The van der Waals surface area contributed by atoms with Crippen LogP contribution in [-0.4, -0.2) is 61.5 Å². The number of carbonyl (C=O) groups is 1. The van der Waals surface area contributed by atoms with Gasteiger partial charge >= 0.3 is 0 Å². The maximum Gasteiger partial charge on any atom is 0.239 e. The molecule has 1 aliphatic heterocycles. The fourth-order valence-electron chi connectivity index (χ4n) is 3.18. The van der Waals surface area contributed by atoms with Crippen LogP contribution in [-0.2, 0) is 4.79 Å². The SMILES string of the molecule is CN(CC1(N(C)C)CCC1)C(=O)[C@@H]1CCCCN1. The Morgan fingerprint density at radius 1 is 1.22 bits per heavy atom. The lowest BCUT2D eigenvalue weighted by Gasteiger charge is -2.49. The van der Waals surface area contributed by atoms with Gasteiger partial charge < -0.3 is 15.1 Å². The zero-order valence-electron chi connectivity index (χ0n) is 12.0. The Labute approximate surface area is 111 Å². The third-order valence-corrected chi connectivity index (χ3v) is 4.75. The highest BCUT2D eigenvalue weighted by molar-refractivity contribution is 5.81. The molecule has 0 bridgehead atoms. The zero-order chi connectivity index (χ0) is 13.2. The molecule has 1 heterocycles. The first-order valence-electron chi connectivity index (χ1n) is 7.21. The third kappa shape index (κ3) is 2.69. The van der Waals surface area contributed by atoms with E-state index in [2.05, 4.69) is 24.3 Å². The van der Waals surface area contributed by atoms with Gasteiger partial charge in [-0.15, -0.1) is 0 Å². The van der Waals surface area contributed by atoms with Crippen molar-refractivity contribution in [2.75, 3.05) is 34.2 Å². The summed E-state index contributed by atoms with van der Waals surface area (Å²) in [5.41, 5.74) is 0.235. The summed E-state index contributed by atoms with van der Waals surface area (Å²) in [5.74, 6) is 0.280. The Hall–Kier alpha value is -0.610. The van der Waals surface area contributed by atoms with Gasteiger partial charge in [0.15, 0.2) is 0 Å². The highest BCUT2D eigenvalue weighted by Crippen LogP contribution is 2.36. The molecule has 4 heteroatoms. The van der Waals surface area contributed by atoms with Crippen molar-refractivity contribution < 1.29 is 4.79 Å². The Morgan fingerprint density at radius 3 is 2.39 bits per heavy atom. The van der Waals surface area contributed by atoms with E-state index in [-0.39, 0.29) is 17.5 Å². The molecule has 1 atom stereocenters. The van der Waals surface area contributed by atoms with E-state index in [0.717, 1.165) is 19.5 Å². The van der Waals surface area contributed by atoms with Crippen molar-refractivity contribution in [1.29, 1.82) is 0 Å².